The molecule has 2 amide bonds. The van der Waals surface area contributed by atoms with Gasteiger partial charge in [0.15, 0.2) is 0 Å². The van der Waals surface area contributed by atoms with E-state index in [0.29, 0.717) is 11.3 Å². The van der Waals surface area contributed by atoms with Gasteiger partial charge in [-0.3, -0.25) is 14.4 Å². The molecule has 0 bridgehead atoms. The predicted molar refractivity (Wildman–Crippen MR) is 63.9 cm³/mol. The molecule has 9 nitrogen and oxygen atoms in total. The van der Waals surface area contributed by atoms with Crippen LogP contribution >= 0.6 is 0 Å². The van der Waals surface area contributed by atoms with Gasteiger partial charge in [-0.25, -0.2) is 4.79 Å². The van der Waals surface area contributed by atoms with Gasteiger partial charge in [-0.1, -0.05) is 0 Å². The standard InChI is InChI=1S/C11H16N2O7/c1-20-10(18)7-2-3-12(4-7)11(19)13(5-8(14)15)6-9(16)17/h7H,2-6H2,1H3,(H,14,15)(H,16,17). The predicted octanol–water partition coefficient (Wildman–Crippen LogP) is -0.927. The van der Waals surface area contributed by atoms with Crippen molar-refractivity contribution in [2.75, 3.05) is 33.3 Å². The molecule has 20 heavy (non-hydrogen) atoms. The van der Waals surface area contributed by atoms with E-state index in [4.69, 9.17) is 10.2 Å². The molecule has 1 aliphatic heterocycles. The lowest BCUT2D eigenvalue weighted by molar-refractivity contribution is -0.145. The Labute approximate surface area is 114 Å². The first-order valence-corrected chi connectivity index (χ1v) is 5.90. The number of esters is 1. The minimum atomic E-state index is -1.30. The monoisotopic (exact) mass is 288 g/mol. The van der Waals surface area contributed by atoms with Crippen molar-refractivity contribution >= 4 is 23.9 Å². The molecule has 0 aromatic carbocycles. The molecule has 0 saturated carbocycles. The molecule has 9 heteroatoms. The largest absolute Gasteiger partial charge is 0.480 e. The number of urea groups is 1. The second-order valence-corrected chi connectivity index (χ2v) is 4.38. The lowest BCUT2D eigenvalue weighted by Crippen LogP contribution is -2.46. The van der Waals surface area contributed by atoms with Crippen LogP contribution in [-0.4, -0.2) is 77.2 Å². The quantitative estimate of drug-likeness (QED) is 0.626. The van der Waals surface area contributed by atoms with Crippen LogP contribution < -0.4 is 0 Å². The maximum absolute atomic E-state index is 12.0. The van der Waals surface area contributed by atoms with Gasteiger partial charge in [-0.15, -0.1) is 0 Å². The second kappa shape index (κ2) is 6.73. The molecular weight excluding hydrogens is 272 g/mol. The minimum absolute atomic E-state index is 0.0985. The first-order chi connectivity index (χ1) is 9.35. The first kappa shape index (κ1) is 15.7. The third kappa shape index (κ3) is 4.11. The molecular formula is C11H16N2O7. The summed E-state index contributed by atoms with van der Waals surface area (Å²) in [6.07, 6.45) is 0.409. The number of hydrogen-bond donors (Lipinski definition) is 2. The number of likely N-dealkylation sites (tertiary alicyclic amines) is 1. The van der Waals surface area contributed by atoms with Crippen LogP contribution in [0.4, 0.5) is 4.79 Å². The zero-order valence-electron chi connectivity index (χ0n) is 10.9. The van der Waals surface area contributed by atoms with Crippen molar-refractivity contribution in [3.05, 3.63) is 0 Å². The lowest BCUT2D eigenvalue weighted by Gasteiger charge is -2.25. The van der Waals surface area contributed by atoms with E-state index in [1.807, 2.05) is 0 Å². The van der Waals surface area contributed by atoms with Gasteiger partial charge in [0.2, 0.25) is 0 Å². The van der Waals surface area contributed by atoms with Crippen LogP contribution in [0.25, 0.3) is 0 Å². The van der Waals surface area contributed by atoms with Crippen LogP contribution in [0, 0.1) is 5.92 Å². The van der Waals surface area contributed by atoms with Gasteiger partial charge >= 0.3 is 23.9 Å². The van der Waals surface area contributed by atoms with Crippen molar-refractivity contribution in [1.82, 2.24) is 9.80 Å². The van der Waals surface area contributed by atoms with Crippen LogP contribution in [0.3, 0.4) is 0 Å². The number of carbonyl (C=O) groups is 4. The van der Waals surface area contributed by atoms with Gasteiger partial charge in [0.05, 0.1) is 13.0 Å². The van der Waals surface area contributed by atoms with E-state index in [1.54, 1.807) is 0 Å². The summed E-state index contributed by atoms with van der Waals surface area (Å²) in [5.41, 5.74) is 0. The average molecular weight is 288 g/mol. The first-order valence-electron chi connectivity index (χ1n) is 5.90. The Morgan fingerprint density at radius 2 is 1.75 bits per heavy atom. The number of hydrogen-bond acceptors (Lipinski definition) is 5. The number of aliphatic carboxylic acids is 2. The summed E-state index contributed by atoms with van der Waals surface area (Å²) in [6.45, 7) is -1.05. The van der Waals surface area contributed by atoms with Crippen molar-refractivity contribution in [2.24, 2.45) is 5.92 Å². The molecule has 1 rings (SSSR count). The van der Waals surface area contributed by atoms with E-state index in [0.717, 1.165) is 0 Å². The Bertz CT molecular complexity index is 407. The molecule has 2 N–H and O–H groups in total. The van der Waals surface area contributed by atoms with Crippen LogP contribution in [0.1, 0.15) is 6.42 Å². The SMILES string of the molecule is COC(=O)C1CCN(C(=O)N(CC(=O)O)CC(=O)O)C1. The van der Waals surface area contributed by atoms with Gasteiger partial charge in [0, 0.05) is 13.1 Å². The fourth-order valence-electron chi connectivity index (χ4n) is 2.01. The smallest absolute Gasteiger partial charge is 0.323 e. The Morgan fingerprint density at radius 3 is 2.20 bits per heavy atom. The second-order valence-electron chi connectivity index (χ2n) is 4.38. The van der Waals surface area contributed by atoms with Crippen LogP contribution in [0.2, 0.25) is 0 Å². The topological polar surface area (TPSA) is 124 Å². The van der Waals surface area contributed by atoms with E-state index in [1.165, 1.54) is 12.0 Å². The Balaban J connectivity index is 2.68. The summed E-state index contributed by atoms with van der Waals surface area (Å²) in [5.74, 6) is -3.50. The van der Waals surface area contributed by atoms with E-state index in [9.17, 15) is 19.2 Å². The van der Waals surface area contributed by atoms with Crippen molar-refractivity contribution < 1.29 is 34.1 Å². The fraction of sp³-hybridized carbons (Fsp3) is 0.636. The highest BCUT2D eigenvalue weighted by Crippen LogP contribution is 2.18. The number of amides is 2. The molecule has 1 atom stereocenters. The molecule has 0 aromatic rings. The van der Waals surface area contributed by atoms with E-state index < -0.39 is 42.9 Å². The van der Waals surface area contributed by atoms with Gasteiger partial charge in [-0.05, 0) is 6.42 Å². The van der Waals surface area contributed by atoms with E-state index in [2.05, 4.69) is 4.74 Å². The molecule has 1 heterocycles. The third-order valence-corrected chi connectivity index (χ3v) is 2.92. The Hall–Kier alpha value is -2.32. The highest BCUT2D eigenvalue weighted by Gasteiger charge is 2.34. The summed E-state index contributed by atoms with van der Waals surface area (Å²) in [7, 11) is 1.24. The zero-order chi connectivity index (χ0) is 15.3. The van der Waals surface area contributed by atoms with E-state index >= 15 is 0 Å². The molecule has 0 aliphatic carbocycles. The summed E-state index contributed by atoms with van der Waals surface area (Å²) < 4.78 is 4.57. The van der Waals surface area contributed by atoms with Crippen molar-refractivity contribution in [3.8, 4) is 0 Å². The van der Waals surface area contributed by atoms with E-state index in [-0.39, 0.29) is 13.1 Å². The minimum Gasteiger partial charge on any atom is -0.480 e. The zero-order valence-corrected chi connectivity index (χ0v) is 10.9. The Kier molecular flexibility index (Phi) is 5.30. The molecule has 112 valence electrons. The van der Waals surface area contributed by atoms with Crippen molar-refractivity contribution in [1.29, 1.82) is 0 Å². The van der Waals surface area contributed by atoms with Gasteiger partial charge < -0.3 is 24.7 Å². The maximum atomic E-state index is 12.0. The molecule has 0 aromatic heterocycles. The van der Waals surface area contributed by atoms with Crippen molar-refractivity contribution in [3.63, 3.8) is 0 Å². The normalized spacial score (nSPS) is 17.6. The molecule has 1 saturated heterocycles. The molecule has 0 radical (unpaired) electrons. The van der Waals surface area contributed by atoms with Gasteiger partial charge in [-0.2, -0.15) is 0 Å². The Morgan fingerprint density at radius 1 is 1.20 bits per heavy atom. The highest BCUT2D eigenvalue weighted by atomic mass is 16.5. The fourth-order valence-corrected chi connectivity index (χ4v) is 2.01. The van der Waals surface area contributed by atoms with Crippen LogP contribution in [-0.2, 0) is 19.1 Å². The number of carboxylic acids is 2. The number of carbonyl (C=O) groups excluding carboxylic acids is 2. The van der Waals surface area contributed by atoms with Gasteiger partial charge in [0.25, 0.3) is 0 Å². The molecule has 1 fully saturated rings. The summed E-state index contributed by atoms with van der Waals surface area (Å²) in [6, 6.07) is -0.707. The van der Waals surface area contributed by atoms with Crippen LogP contribution in [0.5, 0.6) is 0 Å². The van der Waals surface area contributed by atoms with Crippen molar-refractivity contribution in [2.45, 2.75) is 6.42 Å². The van der Waals surface area contributed by atoms with Crippen LogP contribution in [0.15, 0.2) is 0 Å². The number of rotatable bonds is 5. The number of nitrogens with zero attached hydrogens (tertiary/aromatic N) is 2. The lowest BCUT2D eigenvalue weighted by atomic mass is 10.1. The number of methoxy groups -OCH3 is 1. The summed E-state index contributed by atoms with van der Waals surface area (Å²) in [5, 5.41) is 17.4. The van der Waals surface area contributed by atoms with Gasteiger partial charge in [0.1, 0.15) is 13.1 Å². The summed E-state index contributed by atoms with van der Waals surface area (Å²) >= 11 is 0. The number of carboxylic acid groups (broad SMARTS) is 2. The maximum Gasteiger partial charge on any atom is 0.323 e. The summed E-state index contributed by atoms with van der Waals surface area (Å²) in [4.78, 5) is 46.7. The average Bonchev–Trinajstić information content (AvgIpc) is 2.84. The third-order valence-electron chi connectivity index (χ3n) is 2.92. The number of ether oxygens (including phenoxy) is 1. The molecule has 1 aliphatic rings. The molecule has 1 unspecified atom stereocenters. The highest BCUT2D eigenvalue weighted by molar-refractivity contribution is 5.85. The molecule has 0 spiro atoms.